The maximum atomic E-state index is 13.2. The second-order valence-electron chi connectivity index (χ2n) is 8.20. The largest absolute Gasteiger partial charge is 0.459 e. The summed E-state index contributed by atoms with van der Waals surface area (Å²) in [6.45, 7) is 0.642. The Morgan fingerprint density at radius 3 is 2.63 bits per heavy atom. The molecule has 1 N–H and O–H groups in total. The molecule has 1 fully saturated rings. The highest BCUT2D eigenvalue weighted by atomic mass is 16.7. The van der Waals surface area contributed by atoms with Crippen LogP contribution >= 0.6 is 0 Å². The highest BCUT2D eigenvalue weighted by molar-refractivity contribution is 5.91. The van der Waals surface area contributed by atoms with Crippen LogP contribution < -0.4 is 0 Å². The van der Waals surface area contributed by atoms with E-state index in [2.05, 4.69) is 5.92 Å². The normalized spacial score (nSPS) is 22.0. The summed E-state index contributed by atoms with van der Waals surface area (Å²) in [7, 11) is 1.88. The van der Waals surface area contributed by atoms with E-state index in [1.165, 1.54) is 19.3 Å². The SMILES string of the molecule is C#Cc1ccc([C@H]2C=C(C(=O)N(C)C3CCCCC3)O[C@@H](OCCCCO)C2)cc1. The van der Waals surface area contributed by atoms with Gasteiger partial charge in [-0.05, 0) is 49.5 Å². The Balaban J connectivity index is 1.75. The van der Waals surface area contributed by atoms with Gasteiger partial charge in [0, 0.05) is 37.6 Å². The maximum Gasteiger partial charge on any atom is 0.288 e. The van der Waals surface area contributed by atoms with Crippen molar-refractivity contribution in [3.05, 3.63) is 47.2 Å². The molecular formula is C25H33NO4. The molecule has 1 aromatic carbocycles. The van der Waals surface area contributed by atoms with Gasteiger partial charge in [0.1, 0.15) is 0 Å². The first-order chi connectivity index (χ1) is 14.6. The molecule has 2 aliphatic rings. The first-order valence-corrected chi connectivity index (χ1v) is 11.1. The third-order valence-corrected chi connectivity index (χ3v) is 6.07. The lowest BCUT2D eigenvalue weighted by atomic mass is 9.91. The van der Waals surface area contributed by atoms with Crippen molar-refractivity contribution in [2.75, 3.05) is 20.3 Å². The zero-order valence-corrected chi connectivity index (χ0v) is 17.9. The molecule has 3 rings (SSSR count). The van der Waals surface area contributed by atoms with Crippen molar-refractivity contribution in [3.8, 4) is 12.3 Å². The first kappa shape index (κ1) is 22.4. The summed E-state index contributed by atoms with van der Waals surface area (Å²) in [5, 5.41) is 8.98. The summed E-state index contributed by atoms with van der Waals surface area (Å²) in [5.74, 6) is 2.95. The fourth-order valence-corrected chi connectivity index (χ4v) is 4.21. The molecule has 162 valence electrons. The third kappa shape index (κ3) is 5.87. The molecule has 0 unspecified atom stereocenters. The number of amides is 1. The molecule has 2 atom stereocenters. The maximum absolute atomic E-state index is 13.2. The number of hydrogen-bond donors (Lipinski definition) is 1. The van der Waals surface area contributed by atoms with Crippen molar-refractivity contribution in [2.24, 2.45) is 0 Å². The number of aliphatic hydroxyl groups is 1. The molecule has 1 aliphatic carbocycles. The summed E-state index contributed by atoms with van der Waals surface area (Å²) in [6, 6.07) is 8.14. The smallest absolute Gasteiger partial charge is 0.288 e. The molecular weight excluding hydrogens is 378 g/mol. The van der Waals surface area contributed by atoms with Gasteiger partial charge in [-0.2, -0.15) is 0 Å². The molecule has 0 bridgehead atoms. The number of hydrogen-bond acceptors (Lipinski definition) is 4. The van der Waals surface area contributed by atoms with E-state index in [1.807, 2.05) is 42.3 Å². The van der Waals surface area contributed by atoms with Crippen molar-refractivity contribution in [1.82, 2.24) is 4.90 Å². The van der Waals surface area contributed by atoms with Gasteiger partial charge in [0.2, 0.25) is 6.29 Å². The first-order valence-electron chi connectivity index (χ1n) is 11.1. The molecule has 5 heteroatoms. The summed E-state index contributed by atoms with van der Waals surface area (Å²) >= 11 is 0. The number of carbonyl (C=O) groups excluding carboxylic acids is 1. The Kier molecular flexibility index (Phi) is 8.36. The van der Waals surface area contributed by atoms with Gasteiger partial charge in [-0.15, -0.1) is 6.42 Å². The Labute approximate surface area is 180 Å². The van der Waals surface area contributed by atoms with Gasteiger partial charge in [0.15, 0.2) is 5.76 Å². The van der Waals surface area contributed by atoms with Crippen molar-refractivity contribution in [1.29, 1.82) is 0 Å². The van der Waals surface area contributed by atoms with Gasteiger partial charge in [-0.3, -0.25) is 4.79 Å². The predicted octanol–water partition coefficient (Wildman–Crippen LogP) is 3.96. The molecule has 1 saturated carbocycles. The zero-order chi connectivity index (χ0) is 21.3. The summed E-state index contributed by atoms with van der Waals surface area (Å²) < 4.78 is 11.9. The van der Waals surface area contributed by atoms with Gasteiger partial charge in [-0.25, -0.2) is 0 Å². The minimum Gasteiger partial charge on any atom is -0.459 e. The average molecular weight is 412 g/mol. The van der Waals surface area contributed by atoms with Crippen LogP contribution in [0.15, 0.2) is 36.1 Å². The summed E-state index contributed by atoms with van der Waals surface area (Å²) in [4.78, 5) is 15.1. The van der Waals surface area contributed by atoms with Crippen molar-refractivity contribution in [2.45, 2.75) is 69.6 Å². The lowest BCUT2D eigenvalue weighted by molar-refractivity contribution is -0.153. The predicted molar refractivity (Wildman–Crippen MR) is 117 cm³/mol. The van der Waals surface area contributed by atoms with Crippen LogP contribution in [-0.4, -0.2) is 48.5 Å². The monoisotopic (exact) mass is 411 g/mol. The van der Waals surface area contributed by atoms with E-state index >= 15 is 0 Å². The van der Waals surface area contributed by atoms with Gasteiger partial charge in [-0.1, -0.05) is 37.3 Å². The third-order valence-electron chi connectivity index (χ3n) is 6.07. The molecule has 0 radical (unpaired) electrons. The van der Waals surface area contributed by atoms with E-state index in [-0.39, 0.29) is 24.5 Å². The van der Waals surface area contributed by atoms with E-state index in [0.29, 0.717) is 25.2 Å². The number of aliphatic hydroxyl groups excluding tert-OH is 1. The lowest BCUT2D eigenvalue weighted by Gasteiger charge is -2.34. The van der Waals surface area contributed by atoms with E-state index in [4.69, 9.17) is 21.0 Å². The fraction of sp³-hybridized carbons (Fsp3) is 0.560. The van der Waals surface area contributed by atoms with E-state index in [0.717, 1.165) is 30.4 Å². The molecule has 5 nitrogen and oxygen atoms in total. The van der Waals surface area contributed by atoms with Gasteiger partial charge < -0.3 is 19.5 Å². The van der Waals surface area contributed by atoms with Gasteiger partial charge in [0.25, 0.3) is 5.91 Å². The van der Waals surface area contributed by atoms with E-state index in [1.54, 1.807) is 0 Å². The topological polar surface area (TPSA) is 59.0 Å². The van der Waals surface area contributed by atoms with Crippen molar-refractivity contribution >= 4 is 5.91 Å². The molecule has 1 aliphatic heterocycles. The Morgan fingerprint density at radius 2 is 1.97 bits per heavy atom. The molecule has 1 aromatic rings. The van der Waals surface area contributed by atoms with E-state index in [9.17, 15) is 4.79 Å². The second-order valence-corrected chi connectivity index (χ2v) is 8.20. The molecule has 0 saturated heterocycles. The van der Waals surface area contributed by atoms with Gasteiger partial charge >= 0.3 is 0 Å². The van der Waals surface area contributed by atoms with Crippen LogP contribution in [0.1, 0.15) is 68.4 Å². The Bertz CT molecular complexity index is 758. The number of likely N-dealkylation sites (N-methyl/N-ethyl adjacent to an activating group) is 1. The molecule has 0 spiro atoms. The highest BCUT2D eigenvalue weighted by Gasteiger charge is 2.32. The number of allylic oxidation sites excluding steroid dienone is 1. The number of nitrogens with zero attached hydrogens (tertiary/aromatic N) is 1. The quantitative estimate of drug-likeness (QED) is 0.520. The number of carbonyl (C=O) groups is 1. The van der Waals surface area contributed by atoms with Crippen LogP contribution in [0.4, 0.5) is 0 Å². The number of terminal acetylenes is 1. The number of ether oxygens (including phenoxy) is 2. The average Bonchev–Trinajstić information content (AvgIpc) is 2.81. The van der Waals surface area contributed by atoms with Crippen LogP contribution in [0, 0.1) is 12.3 Å². The van der Waals surface area contributed by atoms with Crippen LogP contribution in [0.25, 0.3) is 0 Å². The Morgan fingerprint density at radius 1 is 1.23 bits per heavy atom. The molecule has 30 heavy (non-hydrogen) atoms. The Hall–Kier alpha value is -2.29. The van der Waals surface area contributed by atoms with Crippen LogP contribution in [0.5, 0.6) is 0 Å². The minimum absolute atomic E-state index is 0.0205. The number of benzene rings is 1. The second kappa shape index (κ2) is 11.2. The van der Waals surface area contributed by atoms with E-state index < -0.39 is 6.29 Å². The molecule has 1 heterocycles. The van der Waals surface area contributed by atoms with Crippen LogP contribution in [-0.2, 0) is 14.3 Å². The minimum atomic E-state index is -0.482. The van der Waals surface area contributed by atoms with Gasteiger partial charge in [0.05, 0.1) is 6.61 Å². The molecule has 1 amide bonds. The lowest BCUT2D eigenvalue weighted by Crippen LogP contribution is -2.41. The number of rotatable bonds is 8. The molecule has 0 aromatic heterocycles. The van der Waals surface area contributed by atoms with Crippen molar-refractivity contribution in [3.63, 3.8) is 0 Å². The summed E-state index contributed by atoms with van der Waals surface area (Å²) in [6.07, 6.45) is 14.7. The summed E-state index contributed by atoms with van der Waals surface area (Å²) in [5.41, 5.74) is 1.92. The van der Waals surface area contributed by atoms with Crippen LogP contribution in [0.2, 0.25) is 0 Å². The standard InChI is InChI=1S/C25H33NO4/c1-3-19-11-13-20(14-12-19)21-17-23(30-24(18-21)29-16-8-7-15-27)25(28)26(2)22-9-5-4-6-10-22/h1,11-14,17,21-22,24,27H,4-10,15-16,18H2,2H3/t21-,24+/m0/s1. The fourth-order valence-electron chi connectivity index (χ4n) is 4.21. The van der Waals surface area contributed by atoms with Crippen molar-refractivity contribution < 1.29 is 19.4 Å². The number of unbranched alkanes of at least 4 members (excludes halogenated alkanes) is 1. The highest BCUT2D eigenvalue weighted by Crippen LogP contribution is 2.33. The zero-order valence-electron chi connectivity index (χ0n) is 17.9. The van der Waals surface area contributed by atoms with Crippen LogP contribution in [0.3, 0.4) is 0 Å².